The molecule has 1 saturated carbocycles. The number of nitrogens with zero attached hydrogens (tertiary/aromatic N) is 1. The molecule has 0 spiro atoms. The van der Waals surface area contributed by atoms with Crippen molar-refractivity contribution in [3.05, 3.63) is 33.6 Å². The number of halogens is 1. The molecule has 0 unspecified atom stereocenters. The first-order valence-electron chi connectivity index (χ1n) is 6.84. The number of nitro benzene ring substituents is 1. The SMILES string of the molecule is CCCC1(CNc2cc(C(=O)O)c([N+](=O)[O-])cc2F)CC1. The number of hydrogen-bond acceptors (Lipinski definition) is 4. The van der Waals surface area contributed by atoms with Gasteiger partial charge in [0.15, 0.2) is 5.82 Å². The Balaban J connectivity index is 2.22. The molecule has 6 nitrogen and oxygen atoms in total. The minimum Gasteiger partial charge on any atom is -0.477 e. The summed E-state index contributed by atoms with van der Waals surface area (Å²) in [5.41, 5.74) is -1.09. The molecule has 0 saturated heterocycles. The normalized spacial score (nSPS) is 15.5. The minimum absolute atomic E-state index is 0.000350. The van der Waals surface area contributed by atoms with Crippen LogP contribution in [0, 0.1) is 21.3 Å². The summed E-state index contributed by atoms with van der Waals surface area (Å²) < 4.78 is 13.9. The quantitative estimate of drug-likeness (QED) is 0.594. The standard InChI is InChI=1S/C14H17FN2O4/c1-2-3-14(4-5-14)8-16-11-6-9(13(18)19)12(17(20)21)7-10(11)15/h6-7,16H,2-5,8H2,1H3,(H,18,19). The number of nitro groups is 1. The lowest BCUT2D eigenvalue weighted by Crippen LogP contribution is -2.16. The van der Waals surface area contributed by atoms with Crippen molar-refractivity contribution < 1.29 is 19.2 Å². The van der Waals surface area contributed by atoms with Crippen LogP contribution in [-0.2, 0) is 0 Å². The second kappa shape index (κ2) is 5.67. The average Bonchev–Trinajstić information content (AvgIpc) is 3.17. The van der Waals surface area contributed by atoms with E-state index in [4.69, 9.17) is 5.11 Å². The predicted molar refractivity (Wildman–Crippen MR) is 75.1 cm³/mol. The van der Waals surface area contributed by atoms with Crippen LogP contribution in [0.2, 0.25) is 0 Å². The van der Waals surface area contributed by atoms with Gasteiger partial charge in [0.05, 0.1) is 16.7 Å². The van der Waals surface area contributed by atoms with Crippen molar-refractivity contribution in [1.82, 2.24) is 0 Å². The molecular formula is C14H17FN2O4. The van der Waals surface area contributed by atoms with E-state index >= 15 is 0 Å². The summed E-state index contributed by atoms with van der Waals surface area (Å²) in [6.07, 6.45) is 4.19. The van der Waals surface area contributed by atoms with Crippen molar-refractivity contribution in [3.8, 4) is 0 Å². The zero-order chi connectivity index (χ0) is 15.6. The Bertz CT molecular complexity index is 585. The van der Waals surface area contributed by atoms with Crippen molar-refractivity contribution >= 4 is 17.3 Å². The van der Waals surface area contributed by atoms with Gasteiger partial charge in [0.1, 0.15) is 5.56 Å². The van der Waals surface area contributed by atoms with Crippen LogP contribution in [-0.4, -0.2) is 22.5 Å². The Morgan fingerprint density at radius 2 is 2.19 bits per heavy atom. The monoisotopic (exact) mass is 296 g/mol. The molecule has 21 heavy (non-hydrogen) atoms. The third-order valence-electron chi connectivity index (χ3n) is 3.90. The molecule has 0 heterocycles. The number of hydrogen-bond donors (Lipinski definition) is 2. The van der Waals surface area contributed by atoms with E-state index in [-0.39, 0.29) is 11.1 Å². The molecule has 0 amide bonds. The third kappa shape index (κ3) is 3.29. The van der Waals surface area contributed by atoms with Gasteiger partial charge in [0.2, 0.25) is 0 Å². The molecule has 2 N–H and O–H groups in total. The van der Waals surface area contributed by atoms with Crippen LogP contribution in [0.15, 0.2) is 12.1 Å². The largest absolute Gasteiger partial charge is 0.477 e. The Hall–Kier alpha value is -2.18. The van der Waals surface area contributed by atoms with E-state index in [1.54, 1.807) is 0 Å². The highest BCUT2D eigenvalue weighted by Gasteiger charge is 2.41. The third-order valence-corrected chi connectivity index (χ3v) is 3.90. The van der Waals surface area contributed by atoms with Gasteiger partial charge in [0, 0.05) is 6.54 Å². The van der Waals surface area contributed by atoms with E-state index in [9.17, 15) is 19.3 Å². The number of carboxylic acid groups (broad SMARTS) is 1. The molecule has 1 fully saturated rings. The van der Waals surface area contributed by atoms with Crippen LogP contribution in [0.1, 0.15) is 43.0 Å². The molecule has 0 radical (unpaired) electrons. The van der Waals surface area contributed by atoms with Crippen molar-refractivity contribution in [2.24, 2.45) is 5.41 Å². The molecule has 1 aliphatic rings. The first-order valence-corrected chi connectivity index (χ1v) is 6.84. The van der Waals surface area contributed by atoms with Crippen LogP contribution in [0.25, 0.3) is 0 Å². The minimum atomic E-state index is -1.44. The summed E-state index contributed by atoms with van der Waals surface area (Å²) in [7, 11) is 0. The van der Waals surface area contributed by atoms with Crippen LogP contribution in [0.3, 0.4) is 0 Å². The summed E-state index contributed by atoms with van der Waals surface area (Å²) in [4.78, 5) is 20.9. The number of carbonyl (C=O) groups is 1. The fourth-order valence-corrected chi connectivity index (χ4v) is 2.53. The fraction of sp³-hybridized carbons (Fsp3) is 0.500. The Morgan fingerprint density at radius 1 is 1.52 bits per heavy atom. The Morgan fingerprint density at radius 3 is 2.67 bits per heavy atom. The smallest absolute Gasteiger partial charge is 0.342 e. The van der Waals surface area contributed by atoms with Gasteiger partial charge < -0.3 is 10.4 Å². The van der Waals surface area contributed by atoms with Crippen molar-refractivity contribution in [3.63, 3.8) is 0 Å². The molecule has 0 aliphatic heterocycles. The van der Waals surface area contributed by atoms with Crippen LogP contribution < -0.4 is 5.32 Å². The van der Waals surface area contributed by atoms with Crippen molar-refractivity contribution in [1.29, 1.82) is 0 Å². The van der Waals surface area contributed by atoms with Crippen LogP contribution >= 0.6 is 0 Å². The van der Waals surface area contributed by atoms with E-state index in [1.807, 2.05) is 0 Å². The molecule has 2 rings (SSSR count). The lowest BCUT2D eigenvalue weighted by atomic mass is 10.0. The molecule has 1 aliphatic carbocycles. The molecule has 7 heteroatoms. The van der Waals surface area contributed by atoms with Crippen molar-refractivity contribution in [2.45, 2.75) is 32.6 Å². The van der Waals surface area contributed by atoms with Gasteiger partial charge in [0.25, 0.3) is 5.69 Å². The van der Waals surface area contributed by atoms with Gasteiger partial charge in [-0.2, -0.15) is 0 Å². The van der Waals surface area contributed by atoms with Crippen molar-refractivity contribution in [2.75, 3.05) is 11.9 Å². The second-order valence-corrected chi connectivity index (χ2v) is 5.52. The number of carboxylic acids is 1. The van der Waals surface area contributed by atoms with Gasteiger partial charge in [-0.1, -0.05) is 13.3 Å². The molecule has 0 atom stereocenters. The van der Waals surface area contributed by atoms with E-state index in [1.165, 1.54) is 0 Å². The lowest BCUT2D eigenvalue weighted by molar-refractivity contribution is -0.385. The van der Waals surface area contributed by atoms with E-state index < -0.39 is 28.0 Å². The highest BCUT2D eigenvalue weighted by molar-refractivity contribution is 5.93. The second-order valence-electron chi connectivity index (χ2n) is 5.52. The highest BCUT2D eigenvalue weighted by Crippen LogP contribution is 2.49. The predicted octanol–water partition coefficient (Wildman–Crippen LogP) is 3.42. The van der Waals surface area contributed by atoms with E-state index in [0.29, 0.717) is 12.6 Å². The maximum absolute atomic E-state index is 13.9. The maximum atomic E-state index is 13.9. The average molecular weight is 296 g/mol. The summed E-state index contributed by atoms with van der Waals surface area (Å²) in [5.74, 6) is -2.25. The number of aromatic carboxylic acids is 1. The maximum Gasteiger partial charge on any atom is 0.342 e. The van der Waals surface area contributed by atoms with Gasteiger partial charge in [-0.25, -0.2) is 9.18 Å². The molecule has 0 bridgehead atoms. The summed E-state index contributed by atoms with van der Waals surface area (Å²) >= 11 is 0. The summed E-state index contributed by atoms with van der Waals surface area (Å²) in [6.45, 7) is 2.63. The molecule has 1 aromatic carbocycles. The molecule has 0 aromatic heterocycles. The molecule has 114 valence electrons. The Labute approximate surface area is 121 Å². The summed E-state index contributed by atoms with van der Waals surface area (Å²) in [6, 6.07) is 1.66. The number of anilines is 1. The summed E-state index contributed by atoms with van der Waals surface area (Å²) in [5, 5.41) is 22.7. The molecular weight excluding hydrogens is 279 g/mol. The van der Waals surface area contributed by atoms with E-state index in [0.717, 1.165) is 31.7 Å². The Kier molecular flexibility index (Phi) is 4.11. The fourth-order valence-electron chi connectivity index (χ4n) is 2.53. The van der Waals surface area contributed by atoms with Gasteiger partial charge >= 0.3 is 5.97 Å². The lowest BCUT2D eigenvalue weighted by Gasteiger charge is -2.16. The van der Waals surface area contributed by atoms with Gasteiger partial charge in [-0.15, -0.1) is 0 Å². The first kappa shape index (κ1) is 15.2. The number of benzene rings is 1. The zero-order valence-corrected chi connectivity index (χ0v) is 11.7. The first-order chi connectivity index (χ1) is 9.88. The number of nitrogens with one attached hydrogen (secondary N) is 1. The van der Waals surface area contributed by atoms with E-state index in [2.05, 4.69) is 12.2 Å². The molecule has 1 aromatic rings. The highest BCUT2D eigenvalue weighted by atomic mass is 19.1. The van der Waals surface area contributed by atoms with Gasteiger partial charge in [-0.3, -0.25) is 10.1 Å². The topological polar surface area (TPSA) is 92.5 Å². The van der Waals surface area contributed by atoms with Crippen LogP contribution in [0.5, 0.6) is 0 Å². The van der Waals surface area contributed by atoms with Crippen LogP contribution in [0.4, 0.5) is 15.8 Å². The zero-order valence-electron chi connectivity index (χ0n) is 11.7. The van der Waals surface area contributed by atoms with Gasteiger partial charge in [-0.05, 0) is 30.7 Å². The number of rotatable bonds is 7.